The van der Waals surface area contributed by atoms with Gasteiger partial charge in [-0.1, -0.05) is 159 Å². The Labute approximate surface area is 419 Å². The van der Waals surface area contributed by atoms with Crippen molar-refractivity contribution in [2.24, 2.45) is 5.92 Å². The van der Waals surface area contributed by atoms with Crippen LogP contribution in [-0.2, 0) is 46.3 Å². The van der Waals surface area contributed by atoms with E-state index in [0.29, 0.717) is 12.8 Å². The molecule has 1 aliphatic heterocycles. The normalized spacial score (nSPS) is 20.5. The summed E-state index contributed by atoms with van der Waals surface area (Å²) in [5, 5.41) is 41.2. The van der Waals surface area contributed by atoms with Gasteiger partial charge >= 0.3 is 33.3 Å². The number of aliphatic hydroxyl groups is 4. The third-order valence-electron chi connectivity index (χ3n) is 11.3. The van der Waals surface area contributed by atoms with Crippen LogP contribution in [-0.4, -0.2) is 108 Å². The Kier molecular flexibility index (Phi) is 32.8. The number of nitrogens with zero attached hydrogens (tertiary/aromatic N) is 2. The number of carbonyl (C=O) groups excluding carboxylic acids is 2. The van der Waals surface area contributed by atoms with E-state index in [1.165, 1.54) is 51.0 Å². The van der Waals surface area contributed by atoms with Gasteiger partial charge in [-0.25, -0.2) is 13.9 Å². The van der Waals surface area contributed by atoms with E-state index < -0.39 is 95.9 Å². The van der Waals surface area contributed by atoms with Gasteiger partial charge in [-0.2, -0.15) is 9.29 Å². The molecule has 0 radical (unpaired) electrons. The molecule has 406 valence electrons. The summed E-state index contributed by atoms with van der Waals surface area (Å²) >= 11 is 0. The Morgan fingerprint density at radius 1 is 0.761 bits per heavy atom. The lowest BCUT2D eigenvalue weighted by Gasteiger charge is -2.21. The number of phosphoric ester groups is 2. The molecule has 20 nitrogen and oxygen atoms in total. The second-order valence-corrected chi connectivity index (χ2v) is 21.2. The van der Waals surface area contributed by atoms with Gasteiger partial charge in [0.15, 0.2) is 12.3 Å². The molecule has 0 spiro atoms. The molecule has 0 aromatic carbocycles. The lowest BCUT2D eigenvalue weighted by Crippen LogP contribution is -2.36. The highest BCUT2D eigenvalue weighted by Gasteiger charge is 2.46. The molecule has 1 aromatic rings. The molecule has 0 amide bonds. The summed E-state index contributed by atoms with van der Waals surface area (Å²) in [6, 6.07) is 1.23. The van der Waals surface area contributed by atoms with E-state index in [-0.39, 0.29) is 31.5 Å². The number of nitrogen functional groups attached to an aromatic ring is 1. The lowest BCUT2D eigenvalue weighted by atomic mass is 10.0. The highest BCUT2D eigenvalue weighted by molar-refractivity contribution is 7.61. The summed E-state index contributed by atoms with van der Waals surface area (Å²) < 4.78 is 56.5. The molecule has 1 fully saturated rings. The molecule has 2 unspecified atom stereocenters. The Morgan fingerprint density at radius 2 is 1.31 bits per heavy atom. The number of hydrogen-bond acceptors (Lipinski definition) is 17. The average molecular weight is 1050 g/mol. The fourth-order valence-electron chi connectivity index (χ4n) is 7.30. The van der Waals surface area contributed by atoms with Gasteiger partial charge in [0.25, 0.3) is 0 Å². The number of aliphatic hydroxyl groups excluding tert-OH is 4. The molecule has 2 heterocycles. The molecule has 9 atom stereocenters. The summed E-state index contributed by atoms with van der Waals surface area (Å²) in [6.07, 6.45) is 24.1. The van der Waals surface area contributed by atoms with Gasteiger partial charge in [-0.05, 0) is 44.1 Å². The minimum atomic E-state index is -5.48. The Balaban J connectivity index is 1.87. The fraction of sp³-hybridized carbons (Fsp3) is 0.714. The van der Waals surface area contributed by atoms with Crippen molar-refractivity contribution >= 4 is 33.4 Å². The summed E-state index contributed by atoms with van der Waals surface area (Å²) in [6.45, 7) is 4.12. The molecule has 1 saturated heterocycles. The van der Waals surface area contributed by atoms with Crippen molar-refractivity contribution in [1.82, 2.24) is 9.55 Å². The van der Waals surface area contributed by atoms with Crippen LogP contribution in [0.15, 0.2) is 65.7 Å². The first-order valence-electron chi connectivity index (χ1n) is 25.2. The molecular formula is C49H83N3O17P2. The SMILES string of the molecule is CCCCC[C@@H](O)/C=C/C=C\C/C=C\C=C\[C@@H](O)CCCC(=O)O[C@H](COC(=O)CCCCCCCCCCCCCC(C)C)COP(=O)(O)OP(=O)(O)OC[C@H]1O[C@@H](n2ccc(N)nc2=O)[C@H](O)[C@@H]1O. The van der Waals surface area contributed by atoms with Crippen LogP contribution in [0.3, 0.4) is 0 Å². The zero-order valence-electron chi connectivity index (χ0n) is 41.9. The maximum absolute atomic E-state index is 12.9. The summed E-state index contributed by atoms with van der Waals surface area (Å²) in [5.74, 6) is -0.785. The van der Waals surface area contributed by atoms with E-state index in [9.17, 15) is 53.7 Å². The minimum Gasteiger partial charge on any atom is -0.462 e. The largest absolute Gasteiger partial charge is 0.481 e. The van der Waals surface area contributed by atoms with Crippen LogP contribution in [0, 0.1) is 5.92 Å². The van der Waals surface area contributed by atoms with E-state index in [1.807, 2.05) is 24.3 Å². The number of nitrogens with two attached hydrogens (primary N) is 1. The fourth-order valence-corrected chi connectivity index (χ4v) is 9.41. The molecule has 0 saturated carbocycles. The van der Waals surface area contributed by atoms with Crippen molar-refractivity contribution in [1.29, 1.82) is 0 Å². The first-order chi connectivity index (χ1) is 33.8. The third-order valence-corrected chi connectivity index (χ3v) is 13.9. The first kappa shape index (κ1) is 63.8. The number of rotatable bonds is 40. The number of allylic oxidation sites excluding steroid dienone is 6. The molecule has 22 heteroatoms. The highest BCUT2D eigenvalue weighted by Crippen LogP contribution is 2.60. The monoisotopic (exact) mass is 1050 g/mol. The number of hydrogen-bond donors (Lipinski definition) is 7. The quantitative estimate of drug-likeness (QED) is 0.0142. The summed E-state index contributed by atoms with van der Waals surface area (Å²) in [7, 11) is -11.0. The van der Waals surface area contributed by atoms with Crippen LogP contribution in [0.25, 0.3) is 0 Å². The summed E-state index contributed by atoms with van der Waals surface area (Å²) in [4.78, 5) is 61.9. The lowest BCUT2D eigenvalue weighted by molar-refractivity contribution is -0.161. The van der Waals surface area contributed by atoms with Crippen LogP contribution in [0.1, 0.15) is 162 Å². The summed E-state index contributed by atoms with van der Waals surface area (Å²) in [5.41, 5.74) is 4.56. The van der Waals surface area contributed by atoms with E-state index in [4.69, 9.17) is 29.0 Å². The zero-order chi connectivity index (χ0) is 52.5. The number of unbranched alkanes of at least 4 members (excludes halogenated alkanes) is 12. The third kappa shape index (κ3) is 30.4. The average Bonchev–Trinajstić information content (AvgIpc) is 3.58. The van der Waals surface area contributed by atoms with Crippen molar-refractivity contribution in [2.45, 2.75) is 198 Å². The van der Waals surface area contributed by atoms with Crippen molar-refractivity contribution in [3.8, 4) is 0 Å². The second-order valence-electron chi connectivity index (χ2n) is 18.2. The van der Waals surface area contributed by atoms with Crippen LogP contribution < -0.4 is 11.4 Å². The predicted molar refractivity (Wildman–Crippen MR) is 268 cm³/mol. The standard InChI is InChI=1S/C49H83N3O17P2/c1-4-5-20-27-39(53)28-22-17-13-11-14-18-23-29-40(54)30-25-32-45(56)67-41(35-64-44(55)31-24-19-15-10-8-6-7-9-12-16-21-26-38(2)3)36-65-70(60,61)69-71(62,63)66-37-42-46(57)47(58)48(68-42)52-34-33-43(50)51-49(52)59/h13-14,17-18,22-23,28-29,33-34,38-42,46-48,53-54,57-58H,4-12,15-16,19-21,24-27,30-32,35-37H2,1-3H3,(H,60,61)(H,62,63)(H2,50,51,59)/b17-13-,18-14-,28-22+,29-23+/t39-,40-,41-,42-,46-,47-,48-/m1/s1. The number of carbonyl (C=O) groups is 2. The molecule has 0 aliphatic carbocycles. The van der Waals surface area contributed by atoms with Crippen LogP contribution in [0.2, 0.25) is 0 Å². The molecular weight excluding hydrogens is 964 g/mol. The van der Waals surface area contributed by atoms with Crippen molar-refractivity contribution in [3.63, 3.8) is 0 Å². The maximum atomic E-state index is 12.9. The van der Waals surface area contributed by atoms with Crippen LogP contribution >= 0.6 is 15.6 Å². The van der Waals surface area contributed by atoms with Gasteiger partial charge in [-0.15, -0.1) is 0 Å². The van der Waals surface area contributed by atoms with Gasteiger partial charge in [0.05, 0.1) is 25.4 Å². The van der Waals surface area contributed by atoms with Gasteiger partial charge in [0.1, 0.15) is 30.7 Å². The van der Waals surface area contributed by atoms with Crippen molar-refractivity contribution < 1.29 is 76.5 Å². The van der Waals surface area contributed by atoms with Gasteiger partial charge in [0, 0.05) is 19.0 Å². The zero-order valence-corrected chi connectivity index (χ0v) is 43.7. The first-order valence-corrected chi connectivity index (χ1v) is 28.2. The Hall–Kier alpha value is -3.36. The Bertz CT molecular complexity index is 1930. The van der Waals surface area contributed by atoms with Gasteiger partial charge < -0.3 is 50.2 Å². The second kappa shape index (κ2) is 36.5. The number of anilines is 1. The molecule has 1 aromatic heterocycles. The molecule has 1 aliphatic rings. The number of esters is 2. The molecule has 2 rings (SSSR count). The smallest absolute Gasteiger partial charge is 0.462 e. The highest BCUT2D eigenvalue weighted by atomic mass is 31.3. The van der Waals surface area contributed by atoms with Crippen molar-refractivity contribution in [3.05, 3.63) is 71.4 Å². The van der Waals surface area contributed by atoms with E-state index in [0.717, 1.165) is 68.0 Å². The van der Waals surface area contributed by atoms with E-state index in [1.54, 1.807) is 24.3 Å². The van der Waals surface area contributed by atoms with E-state index in [2.05, 4.69) is 30.1 Å². The van der Waals surface area contributed by atoms with Crippen LogP contribution in [0.4, 0.5) is 5.82 Å². The topological polar surface area (TPSA) is 306 Å². The van der Waals surface area contributed by atoms with Crippen molar-refractivity contribution in [2.75, 3.05) is 25.6 Å². The number of aromatic nitrogens is 2. The molecule has 71 heavy (non-hydrogen) atoms. The molecule has 8 N–H and O–H groups in total. The van der Waals surface area contributed by atoms with Gasteiger partial charge in [0.2, 0.25) is 0 Å². The Morgan fingerprint density at radius 3 is 1.90 bits per heavy atom. The van der Waals surface area contributed by atoms with Crippen LogP contribution in [0.5, 0.6) is 0 Å². The van der Waals surface area contributed by atoms with Gasteiger partial charge in [-0.3, -0.25) is 23.2 Å². The minimum absolute atomic E-state index is 0.0776. The molecule has 0 bridgehead atoms. The number of phosphoric acid groups is 2. The maximum Gasteiger partial charge on any atom is 0.481 e. The number of ether oxygens (including phenoxy) is 3. The predicted octanol–water partition coefficient (Wildman–Crippen LogP) is 7.96. The van der Waals surface area contributed by atoms with E-state index >= 15 is 0 Å².